The third kappa shape index (κ3) is 4.10. The number of aromatic nitrogens is 3. The number of hydrogen-bond donors (Lipinski definition) is 3. The minimum absolute atomic E-state index is 0.0804. The molecule has 1 fully saturated rings. The zero-order valence-electron chi connectivity index (χ0n) is 16.5. The van der Waals surface area contributed by atoms with Crippen LogP contribution in [-0.2, 0) is 23.9 Å². The van der Waals surface area contributed by atoms with E-state index in [-0.39, 0.29) is 18.1 Å². The molecule has 2 heterocycles. The number of anilines is 1. The van der Waals surface area contributed by atoms with Crippen LogP contribution in [0, 0.1) is 0 Å². The first kappa shape index (κ1) is 20.1. The number of amides is 2. The largest absolute Gasteiger partial charge is 0.501 e. The van der Waals surface area contributed by atoms with Gasteiger partial charge in [-0.25, -0.2) is 9.78 Å². The Hall–Kier alpha value is -4.15. The summed E-state index contributed by atoms with van der Waals surface area (Å²) in [6.07, 6.45) is 2.74. The summed E-state index contributed by atoms with van der Waals surface area (Å²) < 4.78 is 11.0. The molecule has 1 aliphatic carbocycles. The average Bonchev–Trinajstić information content (AvgIpc) is 3.35. The zero-order chi connectivity index (χ0) is 22.0. The van der Waals surface area contributed by atoms with E-state index >= 15 is 0 Å². The van der Waals surface area contributed by atoms with E-state index < -0.39 is 34.5 Å². The number of carbonyl (C=O) groups excluding carboxylic acids is 2. The molecule has 0 bridgehead atoms. The van der Waals surface area contributed by atoms with E-state index in [0.717, 1.165) is 10.1 Å². The molecule has 1 aliphatic rings. The summed E-state index contributed by atoms with van der Waals surface area (Å²) in [5, 5.41) is 18.8. The summed E-state index contributed by atoms with van der Waals surface area (Å²) in [5.74, 6) is -1.48. The minimum Gasteiger partial charge on any atom is -0.501 e. The van der Waals surface area contributed by atoms with Gasteiger partial charge in [0.05, 0.1) is 6.20 Å². The lowest BCUT2D eigenvalue weighted by Gasteiger charge is -2.20. The summed E-state index contributed by atoms with van der Waals surface area (Å²) in [5.41, 5.74) is -1.19. The van der Waals surface area contributed by atoms with Gasteiger partial charge in [0.15, 0.2) is 5.69 Å². The second-order valence-corrected chi connectivity index (χ2v) is 7.13. The number of nitrogens with zero attached hydrogens (tertiary/aromatic N) is 3. The molecule has 2 aromatic heterocycles. The molecular weight excluding hydrogens is 406 g/mol. The smallest absolute Gasteiger partial charge is 0.408 e. The first-order valence-corrected chi connectivity index (χ1v) is 9.40. The summed E-state index contributed by atoms with van der Waals surface area (Å²) in [6.45, 7) is 0.0804. The summed E-state index contributed by atoms with van der Waals surface area (Å²) in [6, 6.07) is 9.18. The molecule has 2 amide bonds. The van der Waals surface area contributed by atoms with Gasteiger partial charge >= 0.3 is 6.09 Å². The van der Waals surface area contributed by atoms with Crippen LogP contribution in [-0.4, -0.2) is 31.8 Å². The monoisotopic (exact) mass is 425 g/mol. The molecule has 0 radical (unpaired) electrons. The van der Waals surface area contributed by atoms with E-state index in [0.29, 0.717) is 12.8 Å². The maximum Gasteiger partial charge on any atom is 0.408 e. The fourth-order valence-electron chi connectivity index (χ4n) is 3.12. The van der Waals surface area contributed by atoms with Crippen LogP contribution in [0.4, 0.5) is 10.5 Å². The maximum absolute atomic E-state index is 12.5. The predicted molar refractivity (Wildman–Crippen MR) is 106 cm³/mol. The van der Waals surface area contributed by atoms with Crippen LogP contribution in [0.3, 0.4) is 0 Å². The zero-order valence-corrected chi connectivity index (χ0v) is 16.5. The fourth-order valence-corrected chi connectivity index (χ4v) is 3.12. The van der Waals surface area contributed by atoms with Gasteiger partial charge < -0.3 is 25.0 Å². The number of hydrogen-bond acceptors (Lipinski definition) is 8. The van der Waals surface area contributed by atoms with Crippen molar-refractivity contribution in [3.63, 3.8) is 0 Å². The van der Waals surface area contributed by atoms with Crippen molar-refractivity contribution in [1.82, 2.24) is 20.0 Å². The molecule has 31 heavy (non-hydrogen) atoms. The van der Waals surface area contributed by atoms with E-state index in [2.05, 4.69) is 25.3 Å². The third-order valence-corrected chi connectivity index (χ3v) is 4.90. The quantitative estimate of drug-likeness (QED) is 0.540. The van der Waals surface area contributed by atoms with Crippen molar-refractivity contribution in [1.29, 1.82) is 0 Å². The van der Waals surface area contributed by atoms with Gasteiger partial charge in [-0.3, -0.25) is 14.2 Å². The van der Waals surface area contributed by atoms with Crippen LogP contribution in [0.15, 0.2) is 52.1 Å². The van der Waals surface area contributed by atoms with Crippen molar-refractivity contribution in [3.05, 3.63) is 70.2 Å². The lowest BCUT2D eigenvalue weighted by atomic mass is 10.2. The molecule has 160 valence electrons. The Bertz CT molecular complexity index is 1170. The average molecular weight is 425 g/mol. The number of alkyl carbamates (subject to hydrolysis) is 1. The normalized spacial score (nSPS) is 14.0. The third-order valence-electron chi connectivity index (χ3n) is 4.90. The Kier molecular flexibility index (Phi) is 5.15. The Labute approximate surface area is 175 Å². The molecule has 4 rings (SSSR count). The molecule has 0 atom stereocenters. The van der Waals surface area contributed by atoms with E-state index in [1.54, 1.807) is 0 Å². The van der Waals surface area contributed by atoms with Crippen LogP contribution >= 0.6 is 0 Å². The van der Waals surface area contributed by atoms with E-state index in [4.69, 9.17) is 4.74 Å². The number of aromatic hydroxyl groups is 1. The van der Waals surface area contributed by atoms with Crippen LogP contribution in [0.5, 0.6) is 5.75 Å². The van der Waals surface area contributed by atoms with Crippen molar-refractivity contribution in [2.45, 2.75) is 25.0 Å². The fraction of sp³-hybridized carbons (Fsp3) is 0.250. The molecular formula is C20H19N5O6. The standard InChI is InChI=1S/C20H19N5O6/c1-25-17(28)15(26)14(16(27)22-13-9-21-31-11-13)23-18(25)20(7-8-20)24-19(29)30-10-12-5-3-2-4-6-12/h2-6,9,11,26H,7-8,10H2,1H3,(H,22,27)(H,24,29). The van der Waals surface area contributed by atoms with E-state index in [1.807, 2.05) is 30.3 Å². The van der Waals surface area contributed by atoms with Gasteiger partial charge in [-0.15, -0.1) is 0 Å². The Balaban J connectivity index is 1.55. The highest BCUT2D eigenvalue weighted by atomic mass is 16.5. The molecule has 0 aliphatic heterocycles. The minimum atomic E-state index is -0.971. The van der Waals surface area contributed by atoms with Gasteiger partial charge in [-0.1, -0.05) is 35.5 Å². The molecule has 1 aromatic carbocycles. The summed E-state index contributed by atoms with van der Waals surface area (Å²) >= 11 is 0. The van der Waals surface area contributed by atoms with Gasteiger partial charge in [0.2, 0.25) is 5.75 Å². The number of nitrogens with one attached hydrogen (secondary N) is 2. The van der Waals surface area contributed by atoms with E-state index in [9.17, 15) is 19.5 Å². The van der Waals surface area contributed by atoms with Crippen molar-refractivity contribution in [3.8, 4) is 5.75 Å². The van der Waals surface area contributed by atoms with Crippen molar-refractivity contribution in [2.75, 3.05) is 5.32 Å². The summed E-state index contributed by atoms with van der Waals surface area (Å²) in [7, 11) is 1.41. The van der Waals surface area contributed by atoms with Gasteiger partial charge in [0, 0.05) is 7.05 Å². The Morgan fingerprint density at radius 3 is 2.68 bits per heavy atom. The van der Waals surface area contributed by atoms with Crippen molar-refractivity contribution >= 4 is 17.7 Å². The molecule has 0 saturated heterocycles. The molecule has 3 aromatic rings. The van der Waals surface area contributed by atoms with Crippen molar-refractivity contribution < 1.29 is 24.0 Å². The van der Waals surface area contributed by atoms with Crippen molar-refractivity contribution in [2.24, 2.45) is 7.05 Å². The first-order valence-electron chi connectivity index (χ1n) is 9.40. The predicted octanol–water partition coefficient (Wildman–Crippen LogP) is 1.64. The van der Waals surface area contributed by atoms with Gasteiger partial charge in [-0.05, 0) is 18.4 Å². The number of ether oxygens (including phenoxy) is 1. The highest BCUT2D eigenvalue weighted by molar-refractivity contribution is 6.04. The molecule has 11 nitrogen and oxygen atoms in total. The first-order chi connectivity index (χ1) is 14.9. The second-order valence-electron chi connectivity index (χ2n) is 7.13. The molecule has 0 unspecified atom stereocenters. The topological polar surface area (TPSA) is 149 Å². The van der Waals surface area contributed by atoms with Gasteiger partial charge in [0.25, 0.3) is 11.5 Å². The SMILES string of the molecule is Cn1c(C2(NC(=O)OCc3ccccc3)CC2)nc(C(=O)Nc2cnoc2)c(O)c1=O. The van der Waals surface area contributed by atoms with Gasteiger partial charge in [0.1, 0.15) is 29.9 Å². The van der Waals surface area contributed by atoms with Crippen LogP contribution < -0.4 is 16.2 Å². The highest BCUT2D eigenvalue weighted by Gasteiger charge is 2.50. The molecule has 3 N–H and O–H groups in total. The van der Waals surface area contributed by atoms with Crippen LogP contribution in [0.2, 0.25) is 0 Å². The molecule has 11 heteroatoms. The lowest BCUT2D eigenvalue weighted by molar-refractivity contribution is 0.101. The second kappa shape index (κ2) is 7.94. The van der Waals surface area contributed by atoms with Gasteiger partial charge in [-0.2, -0.15) is 0 Å². The number of benzene rings is 1. The Morgan fingerprint density at radius 1 is 1.29 bits per heavy atom. The Morgan fingerprint density at radius 2 is 2.03 bits per heavy atom. The van der Waals surface area contributed by atoms with Crippen LogP contribution in [0.25, 0.3) is 0 Å². The van der Waals surface area contributed by atoms with Crippen LogP contribution in [0.1, 0.15) is 34.7 Å². The highest BCUT2D eigenvalue weighted by Crippen LogP contribution is 2.44. The number of carbonyl (C=O) groups is 2. The van der Waals surface area contributed by atoms with E-state index in [1.165, 1.54) is 19.5 Å². The molecule has 0 spiro atoms. The maximum atomic E-state index is 12.5. The molecule has 1 saturated carbocycles. The number of rotatable bonds is 6. The summed E-state index contributed by atoms with van der Waals surface area (Å²) in [4.78, 5) is 41.6. The lowest BCUT2D eigenvalue weighted by Crippen LogP contribution is -2.41.